The van der Waals surface area contributed by atoms with E-state index in [4.69, 9.17) is 4.74 Å². The van der Waals surface area contributed by atoms with Gasteiger partial charge in [0.05, 0.1) is 6.61 Å². The number of piperazine rings is 1. The van der Waals surface area contributed by atoms with Crippen LogP contribution in [0.3, 0.4) is 0 Å². The maximum Gasteiger partial charge on any atom is 0.405 e. The minimum Gasteiger partial charge on any atom is -0.493 e. The molecule has 1 amide bonds. The summed E-state index contributed by atoms with van der Waals surface area (Å²) in [5.41, 5.74) is 0.308. The molecule has 1 aromatic carbocycles. The zero-order valence-corrected chi connectivity index (χ0v) is 15.1. The highest BCUT2D eigenvalue weighted by Gasteiger charge is 2.43. The second-order valence-electron chi connectivity index (χ2n) is 6.78. The molecule has 1 aliphatic heterocycles. The highest BCUT2D eigenvalue weighted by Crippen LogP contribution is 2.25. The van der Waals surface area contributed by atoms with Crippen molar-refractivity contribution in [3.63, 3.8) is 0 Å². The number of benzene rings is 1. The van der Waals surface area contributed by atoms with Crippen molar-refractivity contribution in [3.05, 3.63) is 29.8 Å². The fraction of sp³-hybridized carbons (Fsp3) is 0.611. The van der Waals surface area contributed by atoms with Crippen LogP contribution in [0.5, 0.6) is 5.75 Å². The molecule has 5 nitrogen and oxygen atoms in total. The maximum absolute atomic E-state index is 13.3. The van der Waals surface area contributed by atoms with Gasteiger partial charge < -0.3 is 15.4 Å². The van der Waals surface area contributed by atoms with E-state index in [2.05, 4.69) is 10.6 Å². The summed E-state index contributed by atoms with van der Waals surface area (Å²) in [6.45, 7) is 5.78. The highest BCUT2D eigenvalue weighted by atomic mass is 19.4. The number of ether oxygens (including phenoxy) is 1. The first-order chi connectivity index (χ1) is 12.3. The van der Waals surface area contributed by atoms with Crippen LogP contribution in [0.4, 0.5) is 13.2 Å². The first-order valence-corrected chi connectivity index (χ1v) is 8.80. The molecule has 0 aromatic heterocycles. The monoisotopic (exact) mass is 373 g/mol. The predicted octanol–water partition coefficient (Wildman–Crippen LogP) is 2.29. The number of carbonyl (C=O) groups excluding carboxylic acids is 1. The van der Waals surface area contributed by atoms with Gasteiger partial charge in [-0.1, -0.05) is 13.8 Å². The van der Waals surface area contributed by atoms with Gasteiger partial charge in [-0.25, -0.2) is 0 Å². The van der Waals surface area contributed by atoms with Crippen LogP contribution in [0, 0.1) is 5.92 Å². The van der Waals surface area contributed by atoms with Gasteiger partial charge in [-0.2, -0.15) is 13.2 Å². The van der Waals surface area contributed by atoms with E-state index in [1.54, 1.807) is 24.3 Å². The summed E-state index contributed by atoms with van der Waals surface area (Å²) in [7, 11) is 0. The van der Waals surface area contributed by atoms with Gasteiger partial charge in [-0.05, 0) is 30.2 Å². The predicted molar refractivity (Wildman–Crippen MR) is 93.4 cm³/mol. The van der Waals surface area contributed by atoms with Crippen molar-refractivity contribution in [2.24, 2.45) is 5.92 Å². The molecule has 0 saturated carbocycles. The molecule has 2 rings (SSSR count). The average Bonchev–Trinajstić information content (AvgIpc) is 2.60. The van der Waals surface area contributed by atoms with Crippen LogP contribution in [0.1, 0.15) is 24.2 Å². The van der Waals surface area contributed by atoms with Gasteiger partial charge in [-0.15, -0.1) is 0 Å². The van der Waals surface area contributed by atoms with Crippen LogP contribution in [0.15, 0.2) is 24.3 Å². The largest absolute Gasteiger partial charge is 0.493 e. The minimum absolute atomic E-state index is 0.307. The van der Waals surface area contributed by atoms with Gasteiger partial charge in [0.25, 0.3) is 5.91 Å². The molecular formula is C18H26F3N3O2. The average molecular weight is 373 g/mol. The van der Waals surface area contributed by atoms with Crippen molar-refractivity contribution in [2.75, 3.05) is 39.3 Å². The normalized spacial score (nSPS) is 17.2. The Bertz CT molecular complexity index is 570. The molecule has 1 saturated heterocycles. The molecule has 26 heavy (non-hydrogen) atoms. The van der Waals surface area contributed by atoms with Crippen LogP contribution in [-0.2, 0) is 0 Å². The molecule has 1 atom stereocenters. The first kappa shape index (κ1) is 20.5. The van der Waals surface area contributed by atoms with Gasteiger partial charge in [0.15, 0.2) is 0 Å². The number of nitrogens with zero attached hydrogens (tertiary/aromatic N) is 1. The summed E-state index contributed by atoms with van der Waals surface area (Å²) in [6.07, 6.45) is -4.39. The summed E-state index contributed by atoms with van der Waals surface area (Å²) in [5.74, 6) is 0.483. The number of rotatable bonds is 7. The third kappa shape index (κ3) is 6.17. The molecule has 146 valence electrons. The summed E-state index contributed by atoms with van der Waals surface area (Å²) < 4.78 is 45.5. The standard InChI is InChI=1S/C18H26F3N3O2/c1-13(2)12-26-15-5-3-14(4-6-15)17(25)23-11-16(18(19,20)21)24-9-7-22-8-10-24/h3-6,13,16,22H,7-12H2,1-2H3,(H,23,25). The number of halogens is 3. The first-order valence-electron chi connectivity index (χ1n) is 8.80. The van der Waals surface area contributed by atoms with E-state index in [-0.39, 0.29) is 0 Å². The number of alkyl halides is 3. The molecule has 0 spiro atoms. The Labute approximate surface area is 151 Å². The van der Waals surface area contributed by atoms with E-state index < -0.39 is 24.7 Å². The Hall–Kier alpha value is -1.80. The van der Waals surface area contributed by atoms with E-state index >= 15 is 0 Å². The zero-order valence-electron chi connectivity index (χ0n) is 15.1. The Morgan fingerprint density at radius 1 is 1.23 bits per heavy atom. The minimum atomic E-state index is -4.39. The smallest absolute Gasteiger partial charge is 0.405 e. The van der Waals surface area contributed by atoms with Gasteiger partial charge in [-0.3, -0.25) is 9.69 Å². The van der Waals surface area contributed by atoms with Crippen LogP contribution in [-0.4, -0.2) is 62.4 Å². The van der Waals surface area contributed by atoms with Crippen molar-refractivity contribution in [1.29, 1.82) is 0 Å². The molecule has 8 heteroatoms. The van der Waals surface area contributed by atoms with E-state index in [0.717, 1.165) is 0 Å². The van der Waals surface area contributed by atoms with E-state index in [1.807, 2.05) is 13.8 Å². The summed E-state index contributed by atoms with van der Waals surface area (Å²) in [4.78, 5) is 13.5. The fourth-order valence-electron chi connectivity index (χ4n) is 2.70. The zero-order chi connectivity index (χ0) is 19.2. The fourth-order valence-corrected chi connectivity index (χ4v) is 2.70. The summed E-state index contributed by atoms with van der Waals surface area (Å²) in [6, 6.07) is 4.72. The van der Waals surface area contributed by atoms with Crippen molar-refractivity contribution >= 4 is 5.91 Å². The number of nitrogens with one attached hydrogen (secondary N) is 2. The van der Waals surface area contributed by atoms with Gasteiger partial charge in [0.2, 0.25) is 0 Å². The number of amides is 1. The third-order valence-electron chi connectivity index (χ3n) is 4.13. The second-order valence-corrected chi connectivity index (χ2v) is 6.78. The van der Waals surface area contributed by atoms with Crippen LogP contribution >= 0.6 is 0 Å². The Kier molecular flexibility index (Phi) is 7.28. The lowest BCUT2D eigenvalue weighted by atomic mass is 10.1. The third-order valence-corrected chi connectivity index (χ3v) is 4.13. The van der Waals surface area contributed by atoms with Crippen LogP contribution < -0.4 is 15.4 Å². The lowest BCUT2D eigenvalue weighted by Crippen LogP contribution is -2.57. The summed E-state index contributed by atoms with van der Waals surface area (Å²) >= 11 is 0. The molecule has 1 aliphatic rings. The van der Waals surface area contributed by atoms with E-state index in [9.17, 15) is 18.0 Å². The van der Waals surface area contributed by atoms with Gasteiger partial charge >= 0.3 is 6.18 Å². The van der Waals surface area contributed by atoms with Crippen molar-refractivity contribution in [2.45, 2.75) is 26.1 Å². The number of hydrogen-bond donors (Lipinski definition) is 2. The molecular weight excluding hydrogens is 347 g/mol. The SMILES string of the molecule is CC(C)COc1ccc(C(=O)NCC(N2CCNCC2)C(F)(F)F)cc1. The molecule has 1 aromatic rings. The lowest BCUT2D eigenvalue weighted by Gasteiger charge is -2.35. The topological polar surface area (TPSA) is 53.6 Å². The molecule has 0 bridgehead atoms. The van der Waals surface area contributed by atoms with Crippen molar-refractivity contribution in [3.8, 4) is 5.75 Å². The molecule has 1 fully saturated rings. The van der Waals surface area contributed by atoms with E-state index in [0.29, 0.717) is 50.0 Å². The number of hydrogen-bond acceptors (Lipinski definition) is 4. The Morgan fingerprint density at radius 2 is 1.85 bits per heavy atom. The van der Waals surface area contributed by atoms with Crippen LogP contribution in [0.2, 0.25) is 0 Å². The molecule has 0 radical (unpaired) electrons. The summed E-state index contributed by atoms with van der Waals surface area (Å²) in [5, 5.41) is 5.44. The number of carbonyl (C=O) groups is 1. The maximum atomic E-state index is 13.3. The molecule has 0 aliphatic carbocycles. The van der Waals surface area contributed by atoms with Gasteiger partial charge in [0.1, 0.15) is 11.8 Å². The molecule has 2 N–H and O–H groups in total. The van der Waals surface area contributed by atoms with E-state index in [1.165, 1.54) is 4.90 Å². The van der Waals surface area contributed by atoms with Crippen molar-refractivity contribution in [1.82, 2.24) is 15.5 Å². The quantitative estimate of drug-likeness (QED) is 0.770. The van der Waals surface area contributed by atoms with Crippen molar-refractivity contribution < 1.29 is 22.7 Å². The second kappa shape index (κ2) is 9.23. The van der Waals surface area contributed by atoms with Crippen LogP contribution in [0.25, 0.3) is 0 Å². The highest BCUT2D eigenvalue weighted by molar-refractivity contribution is 5.94. The molecule has 1 unspecified atom stereocenters. The molecule has 1 heterocycles. The lowest BCUT2D eigenvalue weighted by molar-refractivity contribution is -0.183. The Morgan fingerprint density at radius 3 is 2.38 bits per heavy atom. The van der Waals surface area contributed by atoms with Gasteiger partial charge in [0, 0.05) is 38.3 Å². The Balaban J connectivity index is 1.92.